The summed E-state index contributed by atoms with van der Waals surface area (Å²) in [6, 6.07) is 3.66. The molecule has 1 heterocycles. The molecular weight excluding hydrogens is 202 g/mol. The minimum Gasteiger partial charge on any atom is -0.504 e. The molecule has 16 heavy (non-hydrogen) atoms. The van der Waals surface area contributed by atoms with Crippen molar-refractivity contribution in [1.82, 2.24) is 4.90 Å². The molecule has 3 nitrogen and oxygen atoms in total. The molecule has 0 saturated carbocycles. The van der Waals surface area contributed by atoms with Gasteiger partial charge in [0, 0.05) is 18.0 Å². The second-order valence-electron chi connectivity index (χ2n) is 5.40. The van der Waals surface area contributed by atoms with Crippen molar-refractivity contribution in [2.24, 2.45) is 0 Å². The molecule has 0 fully saturated rings. The highest BCUT2D eigenvalue weighted by molar-refractivity contribution is 5.50. The Kier molecular flexibility index (Phi) is 2.39. The Bertz CT molecular complexity index is 426. The standard InChI is InChI=1S/C13H19NO2/c1-8-9-5-11(15)12(16)6-10(9)13(2,3)7-14(8)4/h5-6,8,15-16H,7H2,1-4H3/t8-/m1/s1. The molecule has 1 aromatic rings. The lowest BCUT2D eigenvalue weighted by Gasteiger charge is -2.42. The summed E-state index contributed by atoms with van der Waals surface area (Å²) in [5.41, 5.74) is 2.24. The zero-order chi connectivity index (χ0) is 12.1. The lowest BCUT2D eigenvalue weighted by Crippen LogP contribution is -2.41. The summed E-state index contributed by atoms with van der Waals surface area (Å²) in [4.78, 5) is 2.26. The third kappa shape index (κ3) is 1.55. The van der Waals surface area contributed by atoms with Crippen molar-refractivity contribution in [3.05, 3.63) is 23.3 Å². The lowest BCUT2D eigenvalue weighted by molar-refractivity contribution is 0.187. The molecule has 0 radical (unpaired) electrons. The molecule has 1 atom stereocenters. The zero-order valence-corrected chi connectivity index (χ0v) is 10.3. The van der Waals surface area contributed by atoms with Gasteiger partial charge >= 0.3 is 0 Å². The molecule has 2 N–H and O–H groups in total. The quantitative estimate of drug-likeness (QED) is 0.661. The first kappa shape index (κ1) is 11.3. The van der Waals surface area contributed by atoms with Crippen molar-refractivity contribution in [2.45, 2.75) is 32.2 Å². The molecule has 0 aromatic heterocycles. The van der Waals surface area contributed by atoms with Crippen molar-refractivity contribution in [3.8, 4) is 11.5 Å². The third-order valence-electron chi connectivity index (χ3n) is 3.63. The van der Waals surface area contributed by atoms with E-state index in [0.717, 1.165) is 17.7 Å². The Balaban J connectivity index is 2.64. The van der Waals surface area contributed by atoms with Crippen molar-refractivity contribution in [1.29, 1.82) is 0 Å². The van der Waals surface area contributed by atoms with Crippen LogP contribution < -0.4 is 0 Å². The van der Waals surface area contributed by atoms with E-state index < -0.39 is 0 Å². The summed E-state index contributed by atoms with van der Waals surface area (Å²) < 4.78 is 0. The number of hydrogen-bond acceptors (Lipinski definition) is 3. The number of rotatable bonds is 0. The zero-order valence-electron chi connectivity index (χ0n) is 10.3. The number of likely N-dealkylation sites (N-methyl/N-ethyl adjacent to an activating group) is 1. The Morgan fingerprint density at radius 1 is 1.25 bits per heavy atom. The predicted octanol–water partition coefficient (Wildman–Crippen LogP) is 2.38. The van der Waals surface area contributed by atoms with Gasteiger partial charge in [-0.1, -0.05) is 13.8 Å². The summed E-state index contributed by atoms with van der Waals surface area (Å²) >= 11 is 0. The smallest absolute Gasteiger partial charge is 0.157 e. The highest BCUT2D eigenvalue weighted by atomic mass is 16.3. The van der Waals surface area contributed by atoms with Gasteiger partial charge in [0.05, 0.1) is 0 Å². The van der Waals surface area contributed by atoms with Crippen LogP contribution in [0.4, 0.5) is 0 Å². The minimum absolute atomic E-state index is 0.00176. The number of phenols is 2. The van der Waals surface area contributed by atoms with E-state index in [1.165, 1.54) is 0 Å². The van der Waals surface area contributed by atoms with Crippen molar-refractivity contribution >= 4 is 0 Å². The summed E-state index contributed by atoms with van der Waals surface area (Å²) in [5, 5.41) is 19.2. The van der Waals surface area contributed by atoms with Gasteiger partial charge in [-0.05, 0) is 37.2 Å². The van der Waals surface area contributed by atoms with E-state index in [2.05, 4.69) is 32.7 Å². The van der Waals surface area contributed by atoms with Gasteiger partial charge in [0.1, 0.15) is 0 Å². The van der Waals surface area contributed by atoms with Gasteiger partial charge in [-0.2, -0.15) is 0 Å². The highest BCUT2D eigenvalue weighted by Crippen LogP contribution is 2.43. The first-order valence-electron chi connectivity index (χ1n) is 5.59. The van der Waals surface area contributed by atoms with Crippen LogP contribution in [0.25, 0.3) is 0 Å². The molecule has 88 valence electrons. The molecule has 1 aromatic carbocycles. The maximum Gasteiger partial charge on any atom is 0.157 e. The fraction of sp³-hybridized carbons (Fsp3) is 0.538. The average molecular weight is 221 g/mol. The van der Waals surface area contributed by atoms with Crippen LogP contribution in [0.1, 0.15) is 37.9 Å². The molecule has 0 spiro atoms. The second-order valence-corrected chi connectivity index (χ2v) is 5.40. The monoisotopic (exact) mass is 221 g/mol. The Labute approximate surface area is 96.3 Å². The fourth-order valence-electron chi connectivity index (χ4n) is 2.61. The van der Waals surface area contributed by atoms with Gasteiger partial charge < -0.3 is 10.2 Å². The van der Waals surface area contributed by atoms with Crippen LogP contribution in [0, 0.1) is 0 Å². The van der Waals surface area contributed by atoms with E-state index in [9.17, 15) is 10.2 Å². The van der Waals surface area contributed by atoms with E-state index in [1.807, 2.05) is 0 Å². The normalized spacial score (nSPS) is 24.1. The van der Waals surface area contributed by atoms with Crippen LogP contribution in [0.5, 0.6) is 11.5 Å². The molecule has 2 rings (SSSR count). The van der Waals surface area contributed by atoms with Crippen molar-refractivity contribution in [3.63, 3.8) is 0 Å². The number of phenolic OH excluding ortho intramolecular Hbond substituents is 2. The van der Waals surface area contributed by atoms with E-state index in [1.54, 1.807) is 12.1 Å². The molecule has 0 saturated heterocycles. The maximum atomic E-state index is 9.60. The summed E-state index contributed by atoms with van der Waals surface area (Å²) in [7, 11) is 2.08. The van der Waals surface area contributed by atoms with Gasteiger partial charge in [0.15, 0.2) is 11.5 Å². The van der Waals surface area contributed by atoms with Crippen LogP contribution in [0.15, 0.2) is 12.1 Å². The summed E-state index contributed by atoms with van der Waals surface area (Å²) in [6.45, 7) is 7.38. The molecule has 0 aliphatic carbocycles. The Morgan fingerprint density at radius 2 is 1.81 bits per heavy atom. The predicted molar refractivity (Wildman–Crippen MR) is 63.8 cm³/mol. The van der Waals surface area contributed by atoms with Crippen molar-refractivity contribution < 1.29 is 10.2 Å². The first-order valence-corrected chi connectivity index (χ1v) is 5.59. The topological polar surface area (TPSA) is 43.7 Å². The lowest BCUT2D eigenvalue weighted by atomic mass is 9.76. The maximum absolute atomic E-state index is 9.60. The molecule has 1 aliphatic rings. The van der Waals surface area contributed by atoms with E-state index >= 15 is 0 Å². The molecule has 0 unspecified atom stereocenters. The van der Waals surface area contributed by atoms with Gasteiger partial charge in [0.25, 0.3) is 0 Å². The number of benzene rings is 1. The van der Waals surface area contributed by atoms with Gasteiger partial charge in [-0.15, -0.1) is 0 Å². The SMILES string of the molecule is C[C@@H]1c2cc(O)c(O)cc2C(C)(C)CN1C. The van der Waals surface area contributed by atoms with Crippen LogP contribution >= 0.6 is 0 Å². The van der Waals surface area contributed by atoms with Crippen molar-refractivity contribution in [2.75, 3.05) is 13.6 Å². The molecule has 3 heteroatoms. The number of hydrogen-bond donors (Lipinski definition) is 2. The van der Waals surface area contributed by atoms with E-state index in [4.69, 9.17) is 0 Å². The fourth-order valence-corrected chi connectivity index (χ4v) is 2.61. The first-order chi connectivity index (χ1) is 7.33. The highest BCUT2D eigenvalue weighted by Gasteiger charge is 2.34. The molecule has 1 aliphatic heterocycles. The largest absolute Gasteiger partial charge is 0.504 e. The number of fused-ring (bicyclic) bond motifs is 1. The second kappa shape index (κ2) is 3.39. The van der Waals surface area contributed by atoms with Gasteiger partial charge in [-0.25, -0.2) is 0 Å². The Hall–Kier alpha value is -1.22. The number of nitrogens with zero attached hydrogens (tertiary/aromatic N) is 1. The number of aromatic hydroxyl groups is 2. The van der Waals surface area contributed by atoms with Crippen LogP contribution in [0.2, 0.25) is 0 Å². The van der Waals surface area contributed by atoms with Gasteiger partial charge in [0.2, 0.25) is 0 Å². The van der Waals surface area contributed by atoms with Crippen LogP contribution in [-0.2, 0) is 5.41 Å². The third-order valence-corrected chi connectivity index (χ3v) is 3.63. The molecule has 0 amide bonds. The van der Waals surface area contributed by atoms with Gasteiger partial charge in [-0.3, -0.25) is 4.90 Å². The average Bonchev–Trinajstić information content (AvgIpc) is 2.17. The van der Waals surface area contributed by atoms with E-state index in [0.29, 0.717) is 0 Å². The van der Waals surface area contributed by atoms with Crippen LogP contribution in [-0.4, -0.2) is 28.7 Å². The van der Waals surface area contributed by atoms with Crippen LogP contribution in [0.3, 0.4) is 0 Å². The summed E-state index contributed by atoms with van der Waals surface area (Å²) in [5.74, 6) is -0.0553. The summed E-state index contributed by atoms with van der Waals surface area (Å²) in [6.07, 6.45) is 0. The molecular formula is C13H19NO2. The van der Waals surface area contributed by atoms with E-state index in [-0.39, 0.29) is 23.0 Å². The minimum atomic E-state index is -0.0308. The molecule has 0 bridgehead atoms. The Morgan fingerprint density at radius 3 is 2.44 bits per heavy atom.